The number of hydrogen-bond donors (Lipinski definition) is 1. The van der Waals surface area contributed by atoms with Crippen LogP contribution in [0.15, 0.2) is 0 Å². The summed E-state index contributed by atoms with van der Waals surface area (Å²) < 4.78 is 4.72. The number of nitrogens with zero attached hydrogens (tertiary/aromatic N) is 1. The summed E-state index contributed by atoms with van der Waals surface area (Å²) in [7, 11) is 1.39. The van der Waals surface area contributed by atoms with Crippen molar-refractivity contribution in [2.75, 3.05) is 23.9 Å². The molecule has 1 atom stereocenters. The van der Waals surface area contributed by atoms with E-state index in [9.17, 15) is 4.79 Å². The number of carbonyl (C=O) groups is 1. The highest BCUT2D eigenvalue weighted by molar-refractivity contribution is 7.99. The van der Waals surface area contributed by atoms with E-state index in [1.807, 2.05) is 18.7 Å². The fraction of sp³-hybridized carbons (Fsp3) is 0.667. The molecule has 0 saturated heterocycles. The van der Waals surface area contributed by atoms with E-state index in [1.54, 1.807) is 0 Å². The summed E-state index contributed by atoms with van der Waals surface area (Å²) in [6, 6.07) is 0.361. The Bertz CT molecular complexity index is 393. The number of hydrogen-bond acceptors (Lipinski definition) is 6. The minimum Gasteiger partial charge on any atom is -0.465 e. The smallest absolute Gasteiger partial charge is 0.350 e. The normalized spacial score (nSPS) is 12.2. The topological polar surface area (TPSA) is 51.2 Å². The molecule has 0 aliphatic heterocycles. The van der Waals surface area contributed by atoms with E-state index in [4.69, 9.17) is 4.74 Å². The number of thioether (sulfide) groups is 1. The predicted octanol–water partition coefficient (Wildman–Crippen LogP) is 3.18. The van der Waals surface area contributed by atoms with E-state index in [0.29, 0.717) is 10.9 Å². The van der Waals surface area contributed by atoms with Gasteiger partial charge in [-0.1, -0.05) is 18.3 Å². The molecule has 0 aliphatic carbocycles. The number of methoxy groups -OCH3 is 1. The first-order valence-electron chi connectivity index (χ1n) is 5.98. The molecule has 18 heavy (non-hydrogen) atoms. The molecule has 4 nitrogen and oxygen atoms in total. The molecule has 0 amide bonds. The molecule has 0 spiro atoms. The van der Waals surface area contributed by atoms with Crippen LogP contribution in [0.2, 0.25) is 0 Å². The van der Waals surface area contributed by atoms with Gasteiger partial charge in [-0.2, -0.15) is 11.8 Å². The van der Waals surface area contributed by atoms with Crippen LogP contribution in [-0.4, -0.2) is 35.6 Å². The molecular formula is C12H20N2O2S2. The van der Waals surface area contributed by atoms with Crippen LogP contribution in [0.1, 0.15) is 35.6 Å². The SMILES string of the molecule is CCSCCC(C)Nc1nc(C)c(C(=O)OC)s1. The van der Waals surface area contributed by atoms with Crippen LogP contribution < -0.4 is 5.32 Å². The Labute approximate surface area is 117 Å². The number of nitrogens with one attached hydrogen (secondary N) is 1. The maximum Gasteiger partial charge on any atom is 0.350 e. The first kappa shape index (κ1) is 15.3. The second-order valence-corrected chi connectivity index (χ2v) is 6.35. The number of anilines is 1. The van der Waals surface area contributed by atoms with Gasteiger partial charge in [-0.3, -0.25) is 0 Å². The molecule has 0 bridgehead atoms. The standard InChI is InChI=1S/C12H20N2O2S2/c1-5-17-7-6-8(2)13-12-14-9(3)10(18-12)11(15)16-4/h8H,5-7H2,1-4H3,(H,13,14). The average Bonchev–Trinajstić information content (AvgIpc) is 2.69. The van der Waals surface area contributed by atoms with Gasteiger partial charge in [0.2, 0.25) is 0 Å². The molecule has 0 saturated carbocycles. The van der Waals surface area contributed by atoms with Crippen molar-refractivity contribution in [2.24, 2.45) is 0 Å². The second-order valence-electron chi connectivity index (χ2n) is 3.96. The molecule has 6 heteroatoms. The maximum atomic E-state index is 11.5. The van der Waals surface area contributed by atoms with E-state index in [1.165, 1.54) is 18.4 Å². The van der Waals surface area contributed by atoms with Gasteiger partial charge < -0.3 is 10.1 Å². The van der Waals surface area contributed by atoms with Gasteiger partial charge >= 0.3 is 5.97 Å². The zero-order valence-electron chi connectivity index (χ0n) is 11.3. The highest BCUT2D eigenvalue weighted by Gasteiger charge is 2.16. The van der Waals surface area contributed by atoms with Gasteiger partial charge in [0.05, 0.1) is 12.8 Å². The molecule has 1 aromatic heterocycles. The van der Waals surface area contributed by atoms with Crippen molar-refractivity contribution in [3.63, 3.8) is 0 Å². The van der Waals surface area contributed by atoms with Crippen molar-refractivity contribution < 1.29 is 9.53 Å². The first-order chi connectivity index (χ1) is 8.58. The Morgan fingerprint density at radius 2 is 2.33 bits per heavy atom. The first-order valence-corrected chi connectivity index (χ1v) is 7.95. The lowest BCUT2D eigenvalue weighted by molar-refractivity contribution is 0.0605. The number of thiazole rings is 1. The van der Waals surface area contributed by atoms with Gasteiger partial charge in [0, 0.05) is 6.04 Å². The molecular weight excluding hydrogens is 268 g/mol. The van der Waals surface area contributed by atoms with Crippen LogP contribution in [-0.2, 0) is 4.74 Å². The Hall–Kier alpha value is -0.750. The lowest BCUT2D eigenvalue weighted by Crippen LogP contribution is -2.15. The monoisotopic (exact) mass is 288 g/mol. The molecule has 1 N–H and O–H groups in total. The van der Waals surface area contributed by atoms with E-state index >= 15 is 0 Å². The summed E-state index contributed by atoms with van der Waals surface area (Å²) in [5.74, 6) is 1.97. The van der Waals surface area contributed by atoms with Crippen molar-refractivity contribution in [3.05, 3.63) is 10.6 Å². The van der Waals surface area contributed by atoms with E-state index in [0.717, 1.165) is 28.8 Å². The number of esters is 1. The van der Waals surface area contributed by atoms with Crippen molar-refractivity contribution in [1.82, 2.24) is 4.98 Å². The fourth-order valence-electron chi connectivity index (χ4n) is 1.43. The number of carbonyl (C=O) groups excluding carboxylic acids is 1. The van der Waals surface area contributed by atoms with Crippen LogP contribution in [0.4, 0.5) is 5.13 Å². The Kier molecular flexibility index (Phi) is 6.49. The van der Waals surface area contributed by atoms with Crippen molar-refractivity contribution in [3.8, 4) is 0 Å². The summed E-state index contributed by atoms with van der Waals surface area (Å²) in [6.45, 7) is 6.12. The van der Waals surface area contributed by atoms with Crippen LogP contribution >= 0.6 is 23.1 Å². The predicted molar refractivity (Wildman–Crippen MR) is 78.9 cm³/mol. The maximum absolute atomic E-state index is 11.5. The van der Waals surface area contributed by atoms with Gasteiger partial charge in [0.1, 0.15) is 4.88 Å². The largest absolute Gasteiger partial charge is 0.465 e. The van der Waals surface area contributed by atoms with Crippen LogP contribution in [0.5, 0.6) is 0 Å². The quantitative estimate of drug-likeness (QED) is 0.617. The summed E-state index contributed by atoms with van der Waals surface area (Å²) in [6.07, 6.45) is 1.09. The molecule has 0 aromatic carbocycles. The molecule has 0 aliphatic rings. The third-order valence-electron chi connectivity index (χ3n) is 2.44. The molecule has 0 fully saturated rings. The Morgan fingerprint density at radius 3 is 2.94 bits per heavy atom. The fourth-order valence-corrected chi connectivity index (χ4v) is 3.23. The highest BCUT2D eigenvalue weighted by atomic mass is 32.2. The van der Waals surface area contributed by atoms with Gasteiger partial charge in [0.25, 0.3) is 0 Å². The van der Waals surface area contributed by atoms with Crippen LogP contribution in [0, 0.1) is 6.92 Å². The van der Waals surface area contributed by atoms with Crippen LogP contribution in [0.3, 0.4) is 0 Å². The minimum atomic E-state index is -0.313. The lowest BCUT2D eigenvalue weighted by Gasteiger charge is -2.11. The molecule has 1 heterocycles. The Balaban J connectivity index is 2.54. The van der Waals surface area contributed by atoms with Gasteiger partial charge in [-0.15, -0.1) is 0 Å². The average molecular weight is 288 g/mol. The minimum absolute atomic E-state index is 0.313. The molecule has 1 aromatic rings. The van der Waals surface area contributed by atoms with Gasteiger partial charge in [-0.25, -0.2) is 9.78 Å². The number of aryl methyl sites for hydroxylation is 1. The lowest BCUT2D eigenvalue weighted by atomic mass is 10.3. The third kappa shape index (κ3) is 4.49. The number of aromatic nitrogens is 1. The number of ether oxygens (including phenoxy) is 1. The van der Waals surface area contributed by atoms with E-state index < -0.39 is 0 Å². The summed E-state index contributed by atoms with van der Waals surface area (Å²) in [5.41, 5.74) is 0.726. The van der Waals surface area contributed by atoms with Crippen LogP contribution in [0.25, 0.3) is 0 Å². The summed E-state index contributed by atoms with van der Waals surface area (Å²) in [5, 5.41) is 4.12. The number of rotatable bonds is 7. The zero-order chi connectivity index (χ0) is 13.5. The molecule has 102 valence electrons. The Morgan fingerprint density at radius 1 is 1.61 bits per heavy atom. The second kappa shape index (κ2) is 7.63. The highest BCUT2D eigenvalue weighted by Crippen LogP contribution is 2.24. The summed E-state index contributed by atoms with van der Waals surface area (Å²) >= 11 is 3.29. The molecule has 1 unspecified atom stereocenters. The van der Waals surface area contributed by atoms with Gasteiger partial charge in [-0.05, 0) is 31.8 Å². The summed E-state index contributed by atoms with van der Waals surface area (Å²) in [4.78, 5) is 16.4. The molecule has 1 rings (SSSR count). The van der Waals surface area contributed by atoms with Gasteiger partial charge in [0.15, 0.2) is 5.13 Å². The van der Waals surface area contributed by atoms with Crippen molar-refractivity contribution in [2.45, 2.75) is 33.2 Å². The van der Waals surface area contributed by atoms with Crippen molar-refractivity contribution in [1.29, 1.82) is 0 Å². The molecule has 0 radical (unpaired) electrons. The third-order valence-corrected chi connectivity index (χ3v) is 4.44. The zero-order valence-corrected chi connectivity index (χ0v) is 12.9. The van der Waals surface area contributed by atoms with E-state index in [-0.39, 0.29) is 5.97 Å². The van der Waals surface area contributed by atoms with E-state index in [2.05, 4.69) is 24.1 Å². The van der Waals surface area contributed by atoms with Crippen molar-refractivity contribution >= 4 is 34.2 Å².